The van der Waals surface area contributed by atoms with Crippen LogP contribution in [0, 0.1) is 5.82 Å². The van der Waals surface area contributed by atoms with Gasteiger partial charge < -0.3 is 15.2 Å². The van der Waals surface area contributed by atoms with E-state index in [-0.39, 0.29) is 24.1 Å². The SMILES string of the molecule is CC1CC(Oc2ccc(F)cc2N)CC(C)O1. The van der Waals surface area contributed by atoms with Crippen LogP contribution < -0.4 is 10.5 Å². The van der Waals surface area contributed by atoms with Crippen LogP contribution in [0.3, 0.4) is 0 Å². The molecule has 0 bridgehead atoms. The van der Waals surface area contributed by atoms with Gasteiger partial charge in [0, 0.05) is 18.9 Å². The molecule has 1 fully saturated rings. The largest absolute Gasteiger partial charge is 0.488 e. The molecule has 1 aliphatic rings. The lowest BCUT2D eigenvalue weighted by molar-refractivity contribution is -0.0720. The third-order valence-corrected chi connectivity index (χ3v) is 2.92. The van der Waals surface area contributed by atoms with Crippen LogP contribution in [-0.4, -0.2) is 18.3 Å². The number of hydrogen-bond donors (Lipinski definition) is 1. The van der Waals surface area contributed by atoms with Gasteiger partial charge in [-0.3, -0.25) is 0 Å². The summed E-state index contributed by atoms with van der Waals surface area (Å²) in [5.74, 6) is 0.210. The molecule has 1 aromatic carbocycles. The summed E-state index contributed by atoms with van der Waals surface area (Å²) in [7, 11) is 0. The van der Waals surface area contributed by atoms with Gasteiger partial charge in [0.25, 0.3) is 0 Å². The van der Waals surface area contributed by atoms with Crippen molar-refractivity contribution in [1.29, 1.82) is 0 Å². The van der Waals surface area contributed by atoms with Crippen LogP contribution >= 0.6 is 0 Å². The van der Waals surface area contributed by atoms with Crippen molar-refractivity contribution in [1.82, 2.24) is 0 Å². The highest BCUT2D eigenvalue weighted by atomic mass is 19.1. The van der Waals surface area contributed by atoms with Crippen molar-refractivity contribution in [3.63, 3.8) is 0 Å². The van der Waals surface area contributed by atoms with Crippen LogP contribution in [0.15, 0.2) is 18.2 Å². The van der Waals surface area contributed by atoms with Gasteiger partial charge in [0.2, 0.25) is 0 Å². The molecule has 1 aromatic rings. The Bertz CT molecular complexity index is 387. The van der Waals surface area contributed by atoms with E-state index in [1.165, 1.54) is 12.1 Å². The van der Waals surface area contributed by atoms with E-state index in [2.05, 4.69) is 0 Å². The average Bonchev–Trinajstić information content (AvgIpc) is 2.21. The van der Waals surface area contributed by atoms with Crippen molar-refractivity contribution in [2.45, 2.75) is 45.0 Å². The highest BCUT2D eigenvalue weighted by Gasteiger charge is 2.26. The summed E-state index contributed by atoms with van der Waals surface area (Å²) < 4.78 is 24.3. The first-order valence-corrected chi connectivity index (χ1v) is 5.91. The average molecular weight is 239 g/mol. The molecule has 1 saturated heterocycles. The van der Waals surface area contributed by atoms with Crippen LogP contribution in [0.2, 0.25) is 0 Å². The lowest BCUT2D eigenvalue weighted by Crippen LogP contribution is -2.35. The van der Waals surface area contributed by atoms with Crippen LogP contribution in [0.4, 0.5) is 10.1 Å². The second-order valence-corrected chi connectivity index (χ2v) is 4.65. The minimum absolute atomic E-state index is 0.0847. The van der Waals surface area contributed by atoms with Gasteiger partial charge >= 0.3 is 0 Å². The Labute approximate surface area is 101 Å². The Morgan fingerprint density at radius 2 is 1.94 bits per heavy atom. The van der Waals surface area contributed by atoms with Gasteiger partial charge in [-0.1, -0.05) is 0 Å². The number of halogens is 1. The molecular formula is C13H18FNO2. The summed E-state index contributed by atoms with van der Waals surface area (Å²) in [6.07, 6.45) is 2.12. The fourth-order valence-electron chi connectivity index (χ4n) is 2.25. The number of hydrogen-bond acceptors (Lipinski definition) is 3. The summed E-state index contributed by atoms with van der Waals surface area (Å²) in [4.78, 5) is 0. The maximum absolute atomic E-state index is 12.9. The minimum Gasteiger partial charge on any atom is -0.488 e. The van der Waals surface area contributed by atoms with Gasteiger partial charge in [0.05, 0.1) is 17.9 Å². The normalized spacial score (nSPS) is 29.0. The summed E-state index contributed by atoms with van der Waals surface area (Å²) >= 11 is 0. The molecule has 94 valence electrons. The number of anilines is 1. The molecule has 0 saturated carbocycles. The topological polar surface area (TPSA) is 44.5 Å². The zero-order chi connectivity index (χ0) is 12.4. The van der Waals surface area contributed by atoms with Crippen LogP contribution in [0.5, 0.6) is 5.75 Å². The third-order valence-electron chi connectivity index (χ3n) is 2.92. The van der Waals surface area contributed by atoms with E-state index >= 15 is 0 Å². The van der Waals surface area contributed by atoms with Crippen molar-refractivity contribution in [2.75, 3.05) is 5.73 Å². The van der Waals surface area contributed by atoms with Crippen molar-refractivity contribution >= 4 is 5.69 Å². The van der Waals surface area contributed by atoms with E-state index in [0.717, 1.165) is 12.8 Å². The van der Waals surface area contributed by atoms with Crippen molar-refractivity contribution < 1.29 is 13.9 Å². The molecule has 2 N–H and O–H groups in total. The van der Waals surface area contributed by atoms with Crippen LogP contribution in [0.1, 0.15) is 26.7 Å². The molecule has 0 aliphatic carbocycles. The number of ether oxygens (including phenoxy) is 2. The maximum Gasteiger partial charge on any atom is 0.142 e. The summed E-state index contributed by atoms with van der Waals surface area (Å²) in [6, 6.07) is 4.22. The van der Waals surface area contributed by atoms with Crippen molar-refractivity contribution in [3.8, 4) is 5.75 Å². The van der Waals surface area contributed by atoms with Gasteiger partial charge in [-0.2, -0.15) is 0 Å². The molecule has 2 atom stereocenters. The predicted octanol–water partition coefficient (Wildman–Crippen LogP) is 2.74. The number of nitrogens with two attached hydrogens (primary N) is 1. The van der Waals surface area contributed by atoms with Crippen LogP contribution in [0.25, 0.3) is 0 Å². The fourth-order valence-corrected chi connectivity index (χ4v) is 2.25. The number of rotatable bonds is 2. The lowest BCUT2D eigenvalue weighted by atomic mass is 10.0. The van der Waals surface area contributed by atoms with E-state index in [1.807, 2.05) is 13.8 Å². The molecule has 3 nitrogen and oxygen atoms in total. The highest BCUT2D eigenvalue weighted by molar-refractivity contribution is 5.52. The first-order valence-electron chi connectivity index (χ1n) is 5.91. The van der Waals surface area contributed by atoms with Crippen molar-refractivity contribution in [3.05, 3.63) is 24.0 Å². The smallest absolute Gasteiger partial charge is 0.142 e. The fraction of sp³-hybridized carbons (Fsp3) is 0.538. The monoisotopic (exact) mass is 239 g/mol. The van der Waals surface area contributed by atoms with Gasteiger partial charge in [-0.15, -0.1) is 0 Å². The number of nitrogen functional groups attached to an aromatic ring is 1. The summed E-state index contributed by atoms with van der Waals surface area (Å²) in [5, 5.41) is 0. The van der Waals surface area contributed by atoms with Gasteiger partial charge in [0.15, 0.2) is 0 Å². The molecule has 0 spiro atoms. The summed E-state index contributed by atoms with van der Waals surface area (Å²) in [5.41, 5.74) is 6.06. The van der Waals surface area contributed by atoms with Gasteiger partial charge in [-0.25, -0.2) is 4.39 Å². The molecule has 0 aromatic heterocycles. The van der Waals surface area contributed by atoms with Gasteiger partial charge in [-0.05, 0) is 26.0 Å². The number of benzene rings is 1. The molecule has 1 aliphatic heterocycles. The van der Waals surface area contributed by atoms with E-state index in [0.29, 0.717) is 11.4 Å². The Hall–Kier alpha value is -1.29. The highest BCUT2D eigenvalue weighted by Crippen LogP contribution is 2.28. The molecule has 1 heterocycles. The molecule has 2 rings (SSSR count). The van der Waals surface area contributed by atoms with Crippen LogP contribution in [-0.2, 0) is 4.74 Å². The second-order valence-electron chi connectivity index (χ2n) is 4.65. The standard InChI is InChI=1S/C13H18FNO2/c1-8-5-11(6-9(2)16-8)17-13-4-3-10(14)7-12(13)15/h3-4,7-9,11H,5-6,15H2,1-2H3. The van der Waals surface area contributed by atoms with Crippen molar-refractivity contribution in [2.24, 2.45) is 0 Å². The first-order chi connectivity index (χ1) is 8.04. The second kappa shape index (κ2) is 4.92. The Morgan fingerprint density at radius 1 is 1.29 bits per heavy atom. The molecule has 0 radical (unpaired) electrons. The van der Waals surface area contributed by atoms with E-state index in [4.69, 9.17) is 15.2 Å². The van der Waals surface area contributed by atoms with Gasteiger partial charge in [0.1, 0.15) is 17.7 Å². The van der Waals surface area contributed by atoms with E-state index in [9.17, 15) is 4.39 Å². The first kappa shape index (κ1) is 12.2. The zero-order valence-electron chi connectivity index (χ0n) is 10.2. The van der Waals surface area contributed by atoms with E-state index in [1.54, 1.807) is 6.07 Å². The molecule has 2 unspecified atom stereocenters. The minimum atomic E-state index is -0.344. The predicted molar refractivity (Wildman–Crippen MR) is 64.5 cm³/mol. The lowest BCUT2D eigenvalue weighted by Gasteiger charge is -2.32. The third kappa shape index (κ3) is 3.09. The molecule has 17 heavy (non-hydrogen) atoms. The Morgan fingerprint density at radius 3 is 2.53 bits per heavy atom. The van der Waals surface area contributed by atoms with E-state index < -0.39 is 0 Å². The molecule has 0 amide bonds. The maximum atomic E-state index is 12.9. The molecular weight excluding hydrogens is 221 g/mol. The Balaban J connectivity index is 2.04. The molecule has 4 heteroatoms. The zero-order valence-corrected chi connectivity index (χ0v) is 10.2. The Kier molecular flexibility index (Phi) is 3.52. The summed E-state index contributed by atoms with van der Waals surface area (Å²) in [6.45, 7) is 4.06. The quantitative estimate of drug-likeness (QED) is 0.807.